The summed E-state index contributed by atoms with van der Waals surface area (Å²) in [7, 11) is 3.95. The van der Waals surface area contributed by atoms with Gasteiger partial charge in [-0.05, 0) is 64.9 Å². The van der Waals surface area contributed by atoms with Crippen LogP contribution in [0.15, 0.2) is 49.1 Å². The van der Waals surface area contributed by atoms with E-state index in [0.717, 1.165) is 11.1 Å². The molecule has 252 valence electrons. The van der Waals surface area contributed by atoms with E-state index in [0.29, 0.717) is 52.5 Å². The number of esters is 1. The molecule has 2 aromatic carbocycles. The highest BCUT2D eigenvalue weighted by Gasteiger charge is 2.48. The second-order valence-corrected chi connectivity index (χ2v) is 18.0. The van der Waals surface area contributed by atoms with Crippen LogP contribution in [-0.2, 0) is 14.0 Å². The fourth-order valence-corrected chi connectivity index (χ4v) is 12.6. The summed E-state index contributed by atoms with van der Waals surface area (Å²) < 4.78 is 35.7. The third-order valence-corrected chi connectivity index (χ3v) is 15.0. The predicted octanol–water partition coefficient (Wildman–Crippen LogP) is 8.45. The third kappa shape index (κ3) is 9.05. The Morgan fingerprint density at radius 3 is 1.56 bits per heavy atom. The normalized spacial score (nSPS) is 14.6. The zero-order valence-corrected chi connectivity index (χ0v) is 30.2. The number of rotatable bonds is 19. The number of hydrogen-bond donors (Lipinski definition) is 1. The molecular formula is C36H56O8Si. The van der Waals surface area contributed by atoms with Crippen LogP contribution >= 0.6 is 0 Å². The Labute approximate surface area is 272 Å². The smallest absolute Gasteiger partial charge is 0.303 e. The summed E-state index contributed by atoms with van der Waals surface area (Å²) in [5.41, 5.74) is 2.64. The number of carbonyl (C=O) groups is 1. The van der Waals surface area contributed by atoms with Crippen molar-refractivity contribution >= 4 is 14.3 Å². The van der Waals surface area contributed by atoms with Gasteiger partial charge in [-0.3, -0.25) is 4.79 Å². The average Bonchev–Trinajstić information content (AvgIpc) is 3.01. The van der Waals surface area contributed by atoms with E-state index < -0.39 is 26.5 Å². The lowest BCUT2D eigenvalue weighted by Gasteiger charge is -2.46. The Hall–Kier alpha value is -3.01. The van der Waals surface area contributed by atoms with Gasteiger partial charge in [0.1, 0.15) is 6.10 Å². The molecule has 0 aliphatic rings. The summed E-state index contributed by atoms with van der Waals surface area (Å²) in [6.45, 7) is 18.8. The molecule has 0 saturated carbocycles. The van der Waals surface area contributed by atoms with Gasteiger partial charge in [0.2, 0.25) is 8.32 Å². The van der Waals surface area contributed by atoms with Crippen molar-refractivity contribution in [3.8, 4) is 23.0 Å². The summed E-state index contributed by atoms with van der Waals surface area (Å²) in [6, 6.07) is 11.4. The van der Waals surface area contributed by atoms with Gasteiger partial charge in [0.05, 0.1) is 34.5 Å². The Bertz CT molecular complexity index is 1210. The predicted molar refractivity (Wildman–Crippen MR) is 182 cm³/mol. The van der Waals surface area contributed by atoms with E-state index >= 15 is 0 Å². The Morgan fingerprint density at radius 2 is 1.20 bits per heavy atom. The van der Waals surface area contributed by atoms with Crippen molar-refractivity contribution in [1.29, 1.82) is 0 Å². The van der Waals surface area contributed by atoms with Crippen molar-refractivity contribution in [2.45, 2.75) is 90.1 Å². The summed E-state index contributed by atoms with van der Waals surface area (Å²) in [5.74, 6) is 1.37. The summed E-state index contributed by atoms with van der Waals surface area (Å²) >= 11 is 0. The lowest BCUT2D eigenvalue weighted by Crippen LogP contribution is -2.49. The largest absolute Gasteiger partial charge is 0.493 e. The van der Waals surface area contributed by atoms with Crippen molar-refractivity contribution in [1.82, 2.24) is 0 Å². The van der Waals surface area contributed by atoms with Crippen LogP contribution in [0.4, 0.5) is 0 Å². The van der Waals surface area contributed by atoms with Crippen LogP contribution in [0.2, 0.25) is 16.6 Å². The molecule has 2 aromatic rings. The molecule has 0 aliphatic heterocycles. The molecule has 0 bridgehead atoms. The molecule has 0 amide bonds. The average molecular weight is 645 g/mol. The lowest BCUT2D eigenvalue weighted by molar-refractivity contribution is -0.150. The van der Waals surface area contributed by atoms with E-state index in [9.17, 15) is 9.90 Å². The number of hydrogen-bond acceptors (Lipinski definition) is 8. The highest BCUT2D eigenvalue weighted by molar-refractivity contribution is 6.77. The minimum atomic E-state index is -2.43. The molecule has 0 unspecified atom stereocenters. The van der Waals surface area contributed by atoms with Gasteiger partial charge in [0, 0.05) is 25.4 Å². The Balaban J connectivity index is 2.75. The van der Waals surface area contributed by atoms with Gasteiger partial charge in [-0.15, -0.1) is 6.58 Å². The van der Waals surface area contributed by atoms with E-state index in [1.165, 1.54) is 6.92 Å². The SMILES string of the molecule is C=CC[C@@H](C[C@@H](CO)[C@H](O[Si](C(C)C)(C(C)C)C(C)C)c1ccc(OC)c(OC)c1)[C@@H](OC(C)=O)c1ccc(OC)c(OC)c1. The van der Waals surface area contributed by atoms with Gasteiger partial charge in [-0.25, -0.2) is 0 Å². The van der Waals surface area contributed by atoms with Gasteiger partial charge in [-0.2, -0.15) is 0 Å². The van der Waals surface area contributed by atoms with Crippen molar-refractivity contribution in [2.24, 2.45) is 11.8 Å². The fourth-order valence-electron chi connectivity index (χ4n) is 6.98. The molecule has 0 heterocycles. The molecule has 8 nitrogen and oxygen atoms in total. The van der Waals surface area contributed by atoms with Crippen molar-refractivity contribution in [3.05, 3.63) is 60.2 Å². The summed E-state index contributed by atoms with van der Waals surface area (Å²) in [5, 5.41) is 11.1. The maximum absolute atomic E-state index is 12.5. The zero-order chi connectivity index (χ0) is 33.9. The number of aliphatic hydroxyl groups is 1. The van der Waals surface area contributed by atoms with E-state index in [1.54, 1.807) is 28.4 Å². The molecule has 2 rings (SSSR count). The minimum absolute atomic E-state index is 0.135. The standard InChI is InChI=1S/C36H56O8Si/c1-13-14-27(35(43-26(8)38)28-15-17-31(39-9)33(20-28)41-11)19-30(22-37)36(29-16-18-32(40-10)34(21-29)42-12)44-45(23(2)3,24(4)5)25(6)7/h13,15-18,20-21,23-25,27,30,35-37H,1,14,19,22H2,2-12H3/t27-,30-,35+,36+/m0/s1. The van der Waals surface area contributed by atoms with Crippen LogP contribution in [0, 0.1) is 11.8 Å². The Morgan fingerprint density at radius 1 is 0.756 bits per heavy atom. The zero-order valence-electron chi connectivity index (χ0n) is 29.2. The fraction of sp³-hybridized carbons (Fsp3) is 0.583. The first-order chi connectivity index (χ1) is 21.3. The third-order valence-electron chi connectivity index (χ3n) is 8.97. The molecule has 0 radical (unpaired) electrons. The number of benzene rings is 2. The van der Waals surface area contributed by atoms with Crippen LogP contribution < -0.4 is 18.9 Å². The number of allylic oxidation sites excluding steroid dienone is 1. The number of carbonyl (C=O) groups excluding carboxylic acids is 1. The van der Waals surface area contributed by atoms with Crippen LogP contribution in [0.25, 0.3) is 0 Å². The second-order valence-electron chi connectivity index (χ2n) is 12.6. The minimum Gasteiger partial charge on any atom is -0.493 e. The van der Waals surface area contributed by atoms with E-state index in [4.69, 9.17) is 28.1 Å². The van der Waals surface area contributed by atoms with Crippen LogP contribution in [-0.4, -0.2) is 54.4 Å². The van der Waals surface area contributed by atoms with Gasteiger partial charge >= 0.3 is 5.97 Å². The first-order valence-corrected chi connectivity index (χ1v) is 18.0. The first-order valence-electron chi connectivity index (χ1n) is 15.8. The molecule has 4 atom stereocenters. The molecule has 1 N–H and O–H groups in total. The molecule has 9 heteroatoms. The van der Waals surface area contributed by atoms with E-state index in [2.05, 4.69) is 48.1 Å². The second kappa shape index (κ2) is 17.6. The highest BCUT2D eigenvalue weighted by atomic mass is 28.4. The number of aliphatic hydroxyl groups excluding tert-OH is 1. The van der Waals surface area contributed by atoms with Crippen LogP contribution in [0.5, 0.6) is 23.0 Å². The summed E-state index contributed by atoms with van der Waals surface area (Å²) in [6.07, 6.45) is 1.79. The van der Waals surface area contributed by atoms with Crippen LogP contribution in [0.1, 0.15) is 84.6 Å². The van der Waals surface area contributed by atoms with Gasteiger partial charge in [-0.1, -0.05) is 59.8 Å². The molecule has 45 heavy (non-hydrogen) atoms. The monoisotopic (exact) mass is 644 g/mol. The molecular weight excluding hydrogens is 588 g/mol. The van der Waals surface area contributed by atoms with Crippen molar-refractivity contribution in [2.75, 3.05) is 35.0 Å². The summed E-state index contributed by atoms with van der Waals surface area (Å²) in [4.78, 5) is 12.5. The molecule has 0 aromatic heterocycles. The number of methoxy groups -OCH3 is 4. The molecule has 0 aliphatic carbocycles. The van der Waals surface area contributed by atoms with Gasteiger partial charge in [0.15, 0.2) is 23.0 Å². The highest BCUT2D eigenvalue weighted by Crippen LogP contribution is 2.49. The Kier molecular flexibility index (Phi) is 14.9. The van der Waals surface area contributed by atoms with E-state index in [-0.39, 0.29) is 18.4 Å². The molecule has 0 spiro atoms. The maximum atomic E-state index is 12.5. The number of ether oxygens (including phenoxy) is 5. The first kappa shape index (κ1) is 38.2. The van der Waals surface area contributed by atoms with Crippen molar-refractivity contribution in [3.63, 3.8) is 0 Å². The van der Waals surface area contributed by atoms with Crippen molar-refractivity contribution < 1.29 is 38.0 Å². The maximum Gasteiger partial charge on any atom is 0.303 e. The quantitative estimate of drug-likeness (QED) is 0.0925. The lowest BCUT2D eigenvalue weighted by atomic mass is 9.81. The van der Waals surface area contributed by atoms with Gasteiger partial charge in [0.25, 0.3) is 0 Å². The molecule has 0 saturated heterocycles. The van der Waals surface area contributed by atoms with Gasteiger partial charge < -0.3 is 33.2 Å². The van der Waals surface area contributed by atoms with Crippen LogP contribution in [0.3, 0.4) is 0 Å². The molecule has 0 fully saturated rings. The topological polar surface area (TPSA) is 92.7 Å². The van der Waals surface area contributed by atoms with E-state index in [1.807, 2.05) is 42.5 Å².